The van der Waals surface area contributed by atoms with Crippen molar-refractivity contribution in [2.24, 2.45) is 0 Å². The summed E-state index contributed by atoms with van der Waals surface area (Å²) in [5, 5.41) is 2.88. The van der Waals surface area contributed by atoms with Gasteiger partial charge < -0.3 is 15.0 Å². The first-order chi connectivity index (χ1) is 18.4. The van der Waals surface area contributed by atoms with Crippen LogP contribution in [0.5, 0.6) is 0 Å². The monoisotopic (exact) mass is 516 g/mol. The van der Waals surface area contributed by atoms with E-state index in [1.807, 2.05) is 25.1 Å². The maximum atomic E-state index is 13.7. The van der Waals surface area contributed by atoms with E-state index in [-0.39, 0.29) is 30.5 Å². The topological polar surface area (TPSA) is 91.8 Å². The number of carbonyl (C=O) groups excluding carboxylic acids is 3. The number of benzene rings is 2. The number of amides is 3. The van der Waals surface area contributed by atoms with Crippen LogP contribution in [-0.4, -0.2) is 64.0 Å². The lowest BCUT2D eigenvalue weighted by atomic mass is 9.96. The van der Waals surface area contributed by atoms with Crippen molar-refractivity contribution >= 4 is 17.7 Å². The summed E-state index contributed by atoms with van der Waals surface area (Å²) in [5.74, 6) is -1.30. The second-order valence-corrected chi connectivity index (χ2v) is 9.69. The molecule has 1 spiro atoms. The SMILES string of the molecule is Cc1ccc(C(=O)N2CCC3(CC2)OC[C@@H](C(=O)NCc2cccnc2)N3C(=O)c2ccc(F)cc2)cc1. The van der Waals surface area contributed by atoms with E-state index < -0.39 is 23.5 Å². The van der Waals surface area contributed by atoms with Gasteiger partial charge in [0.1, 0.15) is 17.6 Å². The fourth-order valence-electron chi connectivity index (χ4n) is 5.05. The normalized spacial score (nSPS) is 18.4. The molecule has 38 heavy (non-hydrogen) atoms. The van der Waals surface area contributed by atoms with Gasteiger partial charge >= 0.3 is 0 Å². The number of halogens is 1. The Morgan fingerprint density at radius 1 is 1.00 bits per heavy atom. The summed E-state index contributed by atoms with van der Waals surface area (Å²) in [5.41, 5.74) is 1.71. The summed E-state index contributed by atoms with van der Waals surface area (Å²) >= 11 is 0. The van der Waals surface area contributed by atoms with E-state index in [0.717, 1.165) is 11.1 Å². The van der Waals surface area contributed by atoms with Crippen molar-refractivity contribution in [2.75, 3.05) is 19.7 Å². The van der Waals surface area contributed by atoms with Crippen LogP contribution in [0.25, 0.3) is 0 Å². The van der Waals surface area contributed by atoms with Gasteiger partial charge in [-0.1, -0.05) is 23.8 Å². The number of nitrogens with zero attached hydrogens (tertiary/aromatic N) is 3. The van der Waals surface area contributed by atoms with Gasteiger partial charge in [0.2, 0.25) is 5.91 Å². The summed E-state index contributed by atoms with van der Waals surface area (Å²) < 4.78 is 19.8. The molecule has 2 saturated heterocycles. The summed E-state index contributed by atoms with van der Waals surface area (Å²) in [6, 6.07) is 15.4. The molecule has 2 aliphatic rings. The average molecular weight is 517 g/mol. The van der Waals surface area contributed by atoms with Gasteiger partial charge in [-0.3, -0.25) is 24.3 Å². The van der Waals surface area contributed by atoms with Crippen molar-refractivity contribution in [1.29, 1.82) is 0 Å². The third kappa shape index (κ3) is 5.15. The van der Waals surface area contributed by atoms with Gasteiger partial charge in [-0.05, 0) is 55.0 Å². The largest absolute Gasteiger partial charge is 0.353 e. The third-order valence-corrected chi connectivity index (χ3v) is 7.19. The van der Waals surface area contributed by atoms with Gasteiger partial charge in [-0.2, -0.15) is 0 Å². The fourth-order valence-corrected chi connectivity index (χ4v) is 5.05. The van der Waals surface area contributed by atoms with Crippen LogP contribution in [0.2, 0.25) is 0 Å². The number of aromatic nitrogens is 1. The molecule has 8 nitrogen and oxygen atoms in total. The van der Waals surface area contributed by atoms with Gasteiger partial charge in [0.25, 0.3) is 11.8 Å². The second-order valence-electron chi connectivity index (χ2n) is 9.69. The van der Waals surface area contributed by atoms with E-state index in [4.69, 9.17) is 4.74 Å². The van der Waals surface area contributed by atoms with Crippen LogP contribution < -0.4 is 5.32 Å². The van der Waals surface area contributed by atoms with Gasteiger partial charge in [0, 0.05) is 56.0 Å². The highest BCUT2D eigenvalue weighted by molar-refractivity contribution is 5.98. The van der Waals surface area contributed by atoms with Crippen molar-refractivity contribution in [3.05, 3.63) is 101 Å². The van der Waals surface area contributed by atoms with Crippen LogP contribution in [0.15, 0.2) is 73.1 Å². The molecule has 1 aromatic heterocycles. The molecule has 3 amide bonds. The first kappa shape index (κ1) is 25.5. The Kier molecular flexibility index (Phi) is 7.20. The predicted molar refractivity (Wildman–Crippen MR) is 137 cm³/mol. The molecular formula is C29H29FN4O4. The Hall–Kier alpha value is -4.11. The molecule has 2 aliphatic heterocycles. The quantitative estimate of drug-likeness (QED) is 0.562. The Morgan fingerprint density at radius 3 is 2.32 bits per heavy atom. The van der Waals surface area contributed by atoms with Crippen LogP contribution in [0.3, 0.4) is 0 Å². The summed E-state index contributed by atoms with van der Waals surface area (Å²) in [6.45, 7) is 2.98. The van der Waals surface area contributed by atoms with E-state index in [0.29, 0.717) is 31.5 Å². The smallest absolute Gasteiger partial charge is 0.256 e. The van der Waals surface area contributed by atoms with Crippen molar-refractivity contribution in [2.45, 2.75) is 38.1 Å². The first-order valence-electron chi connectivity index (χ1n) is 12.6. The van der Waals surface area contributed by atoms with Gasteiger partial charge in [-0.25, -0.2) is 4.39 Å². The number of ether oxygens (including phenoxy) is 1. The highest BCUT2D eigenvalue weighted by atomic mass is 19.1. The van der Waals surface area contributed by atoms with Crippen LogP contribution >= 0.6 is 0 Å². The molecule has 196 valence electrons. The van der Waals surface area contributed by atoms with E-state index in [2.05, 4.69) is 10.3 Å². The van der Waals surface area contributed by atoms with Crippen LogP contribution in [-0.2, 0) is 16.1 Å². The molecule has 0 bridgehead atoms. The molecule has 0 radical (unpaired) electrons. The van der Waals surface area contributed by atoms with Gasteiger partial charge in [-0.15, -0.1) is 0 Å². The maximum Gasteiger partial charge on any atom is 0.256 e. The Bertz CT molecular complexity index is 1310. The Morgan fingerprint density at radius 2 is 1.66 bits per heavy atom. The van der Waals surface area contributed by atoms with Crippen LogP contribution in [0.1, 0.15) is 44.7 Å². The molecule has 2 fully saturated rings. The average Bonchev–Trinajstić information content (AvgIpc) is 3.31. The zero-order valence-electron chi connectivity index (χ0n) is 21.1. The number of hydrogen-bond donors (Lipinski definition) is 1. The molecule has 5 rings (SSSR count). The van der Waals surface area contributed by atoms with E-state index in [1.165, 1.54) is 29.2 Å². The van der Waals surface area contributed by atoms with E-state index in [9.17, 15) is 18.8 Å². The molecule has 0 saturated carbocycles. The Balaban J connectivity index is 1.36. The maximum absolute atomic E-state index is 13.7. The van der Waals surface area contributed by atoms with Crippen LogP contribution in [0.4, 0.5) is 4.39 Å². The minimum atomic E-state index is -1.05. The van der Waals surface area contributed by atoms with Crippen molar-refractivity contribution in [3.63, 3.8) is 0 Å². The molecule has 1 N–H and O–H groups in total. The number of likely N-dealkylation sites (tertiary alicyclic amines) is 1. The van der Waals surface area contributed by atoms with Gasteiger partial charge in [0.15, 0.2) is 0 Å². The zero-order chi connectivity index (χ0) is 26.7. The Labute approximate surface area is 220 Å². The van der Waals surface area contributed by atoms with E-state index in [1.54, 1.807) is 35.5 Å². The van der Waals surface area contributed by atoms with Crippen molar-refractivity contribution < 1.29 is 23.5 Å². The number of aryl methyl sites for hydroxylation is 1. The lowest BCUT2D eigenvalue weighted by molar-refractivity contribution is -0.128. The summed E-state index contributed by atoms with van der Waals surface area (Å²) in [4.78, 5) is 47.4. The molecule has 9 heteroatoms. The highest BCUT2D eigenvalue weighted by Gasteiger charge is 2.54. The number of hydrogen-bond acceptors (Lipinski definition) is 5. The summed E-state index contributed by atoms with van der Waals surface area (Å²) in [6.07, 6.45) is 4.02. The molecule has 0 aliphatic carbocycles. The third-order valence-electron chi connectivity index (χ3n) is 7.19. The molecular weight excluding hydrogens is 487 g/mol. The van der Waals surface area contributed by atoms with Crippen molar-refractivity contribution in [1.82, 2.24) is 20.1 Å². The first-order valence-corrected chi connectivity index (χ1v) is 12.6. The number of carbonyl (C=O) groups is 3. The minimum Gasteiger partial charge on any atom is -0.353 e. The molecule has 0 unspecified atom stereocenters. The van der Waals surface area contributed by atoms with E-state index >= 15 is 0 Å². The zero-order valence-corrected chi connectivity index (χ0v) is 21.1. The fraction of sp³-hybridized carbons (Fsp3) is 0.310. The molecule has 3 heterocycles. The number of nitrogens with one attached hydrogen (secondary N) is 1. The highest BCUT2D eigenvalue weighted by Crippen LogP contribution is 2.39. The lowest BCUT2D eigenvalue weighted by Crippen LogP contribution is -2.59. The van der Waals surface area contributed by atoms with Crippen molar-refractivity contribution in [3.8, 4) is 0 Å². The minimum absolute atomic E-state index is 0.0255. The standard InChI is InChI=1S/C29H29FN4O4/c1-20-4-6-22(7-5-20)27(36)33-15-12-29(13-16-33)34(28(37)23-8-10-24(30)11-9-23)25(19-38-29)26(35)32-18-21-3-2-14-31-17-21/h2-11,14,17,25H,12-13,15-16,18-19H2,1H3,(H,32,35)/t25-/m0/s1. The summed E-state index contributed by atoms with van der Waals surface area (Å²) in [7, 11) is 0. The number of piperidine rings is 1. The molecule has 3 aromatic rings. The number of rotatable bonds is 5. The second kappa shape index (κ2) is 10.7. The molecule has 1 atom stereocenters. The van der Waals surface area contributed by atoms with Gasteiger partial charge in [0.05, 0.1) is 6.61 Å². The van der Waals surface area contributed by atoms with Crippen LogP contribution in [0, 0.1) is 12.7 Å². The lowest BCUT2D eigenvalue weighted by Gasteiger charge is -2.44. The number of pyridine rings is 1. The molecule has 2 aromatic carbocycles. The predicted octanol–water partition coefficient (Wildman–Crippen LogP) is 3.32.